The Hall–Kier alpha value is -1.59. The molecule has 1 unspecified atom stereocenters. The van der Waals surface area contributed by atoms with Gasteiger partial charge in [-0.15, -0.1) is 0 Å². The number of hydrogen-bond acceptors (Lipinski definition) is 3. The topological polar surface area (TPSA) is 53.1 Å². The third-order valence-corrected chi connectivity index (χ3v) is 3.22. The molecule has 0 amide bonds. The van der Waals surface area contributed by atoms with Crippen molar-refractivity contribution in [3.63, 3.8) is 0 Å². The fourth-order valence-corrected chi connectivity index (χ4v) is 1.76. The van der Waals surface area contributed by atoms with Gasteiger partial charge in [0.1, 0.15) is 17.6 Å². The lowest BCUT2D eigenvalue weighted by atomic mass is 10.1. The Bertz CT molecular complexity index is 583. The molecule has 4 nitrogen and oxygen atoms in total. The number of nitrogens with two attached hydrogens (primary N) is 1. The van der Waals surface area contributed by atoms with Crippen LogP contribution in [0.1, 0.15) is 24.4 Å². The summed E-state index contributed by atoms with van der Waals surface area (Å²) >= 11 is 5.85. The van der Waals surface area contributed by atoms with E-state index in [0.717, 1.165) is 5.56 Å². The Morgan fingerprint density at radius 3 is 2.79 bits per heavy atom. The van der Waals surface area contributed by atoms with Gasteiger partial charge in [-0.2, -0.15) is 0 Å². The lowest BCUT2D eigenvalue weighted by Gasteiger charge is -2.10. The second-order valence-corrected chi connectivity index (χ2v) is 4.71. The van der Waals surface area contributed by atoms with Crippen molar-refractivity contribution in [3.8, 4) is 5.75 Å². The molecule has 0 spiro atoms. The van der Waals surface area contributed by atoms with E-state index in [4.69, 9.17) is 22.1 Å². The van der Waals surface area contributed by atoms with E-state index >= 15 is 0 Å². The van der Waals surface area contributed by atoms with Crippen molar-refractivity contribution >= 4 is 11.6 Å². The molecular weight excluding hydrogens is 269 g/mol. The molecule has 0 saturated carbocycles. The maximum atomic E-state index is 13.8. The van der Waals surface area contributed by atoms with E-state index in [1.54, 1.807) is 30.7 Å². The predicted molar refractivity (Wildman–Crippen MR) is 71.6 cm³/mol. The quantitative estimate of drug-likeness (QED) is 0.939. The molecule has 2 rings (SSSR count). The van der Waals surface area contributed by atoms with Gasteiger partial charge in [-0.25, -0.2) is 9.37 Å². The van der Waals surface area contributed by atoms with E-state index < -0.39 is 5.82 Å². The second kappa shape index (κ2) is 5.59. The van der Waals surface area contributed by atoms with Crippen molar-refractivity contribution in [3.05, 3.63) is 46.8 Å². The first kappa shape index (κ1) is 13.8. The number of imidazole rings is 1. The van der Waals surface area contributed by atoms with Crippen LogP contribution < -0.4 is 10.5 Å². The van der Waals surface area contributed by atoms with Crippen LogP contribution in [0.15, 0.2) is 24.4 Å². The molecule has 0 aliphatic rings. The summed E-state index contributed by atoms with van der Waals surface area (Å²) in [6.45, 7) is 1.95. The highest BCUT2D eigenvalue weighted by atomic mass is 35.5. The third-order valence-electron chi connectivity index (χ3n) is 2.87. The fraction of sp³-hybridized carbons (Fsp3) is 0.308. The number of ether oxygens (including phenoxy) is 1. The first-order valence-electron chi connectivity index (χ1n) is 5.83. The fourth-order valence-electron chi connectivity index (χ4n) is 1.62. The van der Waals surface area contributed by atoms with E-state index in [0.29, 0.717) is 11.0 Å². The molecule has 1 aromatic carbocycles. The SMILES string of the molecule is CC(N)c1ccc(OCc2ncc(Cl)n2C)c(F)c1. The van der Waals surface area contributed by atoms with Gasteiger partial charge in [0.25, 0.3) is 0 Å². The van der Waals surface area contributed by atoms with Crippen LogP contribution in [0.2, 0.25) is 5.15 Å². The van der Waals surface area contributed by atoms with Crippen LogP contribution in [-0.4, -0.2) is 9.55 Å². The second-order valence-electron chi connectivity index (χ2n) is 4.32. The zero-order chi connectivity index (χ0) is 14.0. The van der Waals surface area contributed by atoms with Gasteiger partial charge < -0.3 is 15.0 Å². The van der Waals surface area contributed by atoms with Gasteiger partial charge >= 0.3 is 0 Å². The molecule has 2 N–H and O–H groups in total. The Kier molecular flexibility index (Phi) is 4.07. The number of halogens is 2. The minimum Gasteiger partial charge on any atom is -0.483 e. The molecule has 2 aromatic rings. The van der Waals surface area contributed by atoms with Crippen LogP contribution in [0.3, 0.4) is 0 Å². The van der Waals surface area contributed by atoms with E-state index in [9.17, 15) is 4.39 Å². The summed E-state index contributed by atoms with van der Waals surface area (Å²) in [5.41, 5.74) is 6.41. The predicted octanol–water partition coefficient (Wildman–Crippen LogP) is 2.81. The third kappa shape index (κ3) is 3.05. The normalized spacial score (nSPS) is 12.5. The highest BCUT2D eigenvalue weighted by Crippen LogP contribution is 2.22. The minimum atomic E-state index is -0.435. The minimum absolute atomic E-state index is 0.150. The maximum absolute atomic E-state index is 13.8. The summed E-state index contributed by atoms with van der Waals surface area (Å²) in [5, 5.41) is 0.506. The van der Waals surface area contributed by atoms with Gasteiger partial charge in [0.2, 0.25) is 0 Å². The Labute approximate surface area is 116 Å². The molecule has 0 radical (unpaired) electrons. The number of nitrogens with zero attached hydrogens (tertiary/aromatic N) is 2. The zero-order valence-corrected chi connectivity index (χ0v) is 11.5. The first-order chi connectivity index (χ1) is 8.99. The highest BCUT2D eigenvalue weighted by molar-refractivity contribution is 6.29. The summed E-state index contributed by atoms with van der Waals surface area (Å²) in [5.74, 6) is 0.360. The van der Waals surface area contributed by atoms with Crippen molar-refractivity contribution < 1.29 is 9.13 Å². The summed E-state index contributed by atoms with van der Waals surface area (Å²) in [6, 6.07) is 4.48. The average molecular weight is 284 g/mol. The Morgan fingerprint density at radius 2 is 2.26 bits per heavy atom. The van der Waals surface area contributed by atoms with Gasteiger partial charge in [0, 0.05) is 13.1 Å². The standard InChI is InChI=1S/C13H15ClFN3O/c1-8(16)9-3-4-11(10(15)5-9)19-7-13-17-6-12(14)18(13)2/h3-6,8H,7,16H2,1-2H3. The summed E-state index contributed by atoms with van der Waals surface area (Å²) in [4.78, 5) is 4.07. The van der Waals surface area contributed by atoms with Gasteiger partial charge in [-0.3, -0.25) is 0 Å². The number of hydrogen-bond donors (Lipinski definition) is 1. The van der Waals surface area contributed by atoms with Gasteiger partial charge in [0.15, 0.2) is 11.6 Å². The Balaban J connectivity index is 2.10. The van der Waals surface area contributed by atoms with Crippen molar-refractivity contribution in [2.24, 2.45) is 12.8 Å². The first-order valence-corrected chi connectivity index (χ1v) is 6.20. The molecule has 1 aromatic heterocycles. The maximum Gasteiger partial charge on any atom is 0.165 e. The zero-order valence-electron chi connectivity index (χ0n) is 10.7. The molecule has 0 aliphatic heterocycles. The molecule has 19 heavy (non-hydrogen) atoms. The van der Waals surface area contributed by atoms with E-state index in [-0.39, 0.29) is 18.4 Å². The number of rotatable bonds is 4. The monoisotopic (exact) mass is 283 g/mol. The summed E-state index contributed by atoms with van der Waals surface area (Å²) in [7, 11) is 1.77. The van der Waals surface area contributed by atoms with Gasteiger partial charge in [-0.05, 0) is 24.6 Å². The lowest BCUT2D eigenvalue weighted by Crippen LogP contribution is -2.07. The molecule has 0 saturated heterocycles. The van der Waals surface area contributed by atoms with Crippen LogP contribution in [0.25, 0.3) is 0 Å². The highest BCUT2D eigenvalue weighted by Gasteiger charge is 2.10. The molecule has 102 valence electrons. The van der Waals surface area contributed by atoms with Gasteiger partial charge in [-0.1, -0.05) is 17.7 Å². The van der Waals surface area contributed by atoms with E-state index in [1.165, 1.54) is 12.3 Å². The molecule has 1 heterocycles. The summed E-state index contributed by atoms with van der Waals surface area (Å²) < 4.78 is 20.9. The number of aromatic nitrogens is 2. The Morgan fingerprint density at radius 1 is 1.53 bits per heavy atom. The van der Waals surface area contributed by atoms with Crippen molar-refractivity contribution in [1.29, 1.82) is 0 Å². The van der Waals surface area contributed by atoms with Crippen LogP contribution in [0.5, 0.6) is 5.75 Å². The molecule has 1 atom stereocenters. The average Bonchev–Trinajstić information content (AvgIpc) is 2.68. The van der Waals surface area contributed by atoms with Crippen LogP contribution in [0, 0.1) is 5.82 Å². The van der Waals surface area contributed by atoms with Crippen LogP contribution in [-0.2, 0) is 13.7 Å². The molecule has 6 heteroatoms. The van der Waals surface area contributed by atoms with Crippen molar-refractivity contribution in [2.75, 3.05) is 0 Å². The number of benzene rings is 1. The van der Waals surface area contributed by atoms with Crippen LogP contribution in [0.4, 0.5) is 4.39 Å². The lowest BCUT2D eigenvalue weighted by molar-refractivity contribution is 0.277. The van der Waals surface area contributed by atoms with E-state index in [1.807, 2.05) is 0 Å². The molecule has 0 fully saturated rings. The summed E-state index contributed by atoms with van der Waals surface area (Å²) in [6.07, 6.45) is 1.52. The largest absolute Gasteiger partial charge is 0.483 e. The van der Waals surface area contributed by atoms with Crippen molar-refractivity contribution in [2.45, 2.75) is 19.6 Å². The molecular formula is C13H15ClFN3O. The van der Waals surface area contributed by atoms with Crippen molar-refractivity contribution in [1.82, 2.24) is 9.55 Å². The smallest absolute Gasteiger partial charge is 0.165 e. The molecule has 0 bridgehead atoms. The van der Waals surface area contributed by atoms with Gasteiger partial charge in [0.05, 0.1) is 6.20 Å². The molecule has 0 aliphatic carbocycles. The van der Waals surface area contributed by atoms with E-state index in [2.05, 4.69) is 4.98 Å². The van der Waals surface area contributed by atoms with Crippen LogP contribution >= 0.6 is 11.6 Å².